The van der Waals surface area contributed by atoms with Gasteiger partial charge in [-0.05, 0) is 124 Å². The first-order valence-corrected chi connectivity index (χ1v) is 14.3. The maximum absolute atomic E-state index is 12.8. The van der Waals surface area contributed by atoms with Crippen LogP contribution in [0.25, 0.3) is 0 Å². The Kier molecular flexibility index (Phi) is 6.21. The van der Waals surface area contributed by atoms with Gasteiger partial charge >= 0.3 is 0 Å². The predicted molar refractivity (Wildman–Crippen MR) is 131 cm³/mol. The molecular formula is C29H49NO3. The molecule has 1 heterocycles. The summed E-state index contributed by atoms with van der Waals surface area (Å²) in [5.41, 5.74) is -0.226. The Morgan fingerprint density at radius 3 is 2.45 bits per heavy atom. The summed E-state index contributed by atoms with van der Waals surface area (Å²) < 4.78 is 0. The van der Waals surface area contributed by atoms with Crippen LogP contribution in [0.4, 0.5) is 0 Å². The summed E-state index contributed by atoms with van der Waals surface area (Å²) in [5.74, 6) is 3.47. The highest BCUT2D eigenvalue weighted by Gasteiger charge is 2.63. The molecule has 3 unspecified atom stereocenters. The smallest absolute Gasteiger partial charge is 0.222 e. The van der Waals surface area contributed by atoms with Crippen molar-refractivity contribution in [1.82, 2.24) is 4.90 Å². The average molecular weight is 460 g/mol. The number of likely N-dealkylation sites (tertiary alicyclic amines) is 1. The van der Waals surface area contributed by atoms with E-state index in [2.05, 4.69) is 20.8 Å². The standard InChI is InChI=1S/C29H49NO3/c1-5-26(32)30-17-7-6-8-25(30)29(4,33)24-12-11-22-21-10-9-19-18-20(31)13-15-27(19,2)23(21)14-16-28(22,24)3/h19-25,31,33H,5-18H2,1-4H3/t19?,20-,21-,22-,23-,24-,25?,27-,28-,29?/m0/s1. The second kappa shape index (κ2) is 8.50. The number of piperidine rings is 1. The zero-order valence-corrected chi connectivity index (χ0v) is 21.7. The van der Waals surface area contributed by atoms with Crippen LogP contribution in [0.15, 0.2) is 0 Å². The van der Waals surface area contributed by atoms with Crippen LogP contribution < -0.4 is 0 Å². The van der Waals surface area contributed by atoms with Gasteiger partial charge in [0, 0.05) is 13.0 Å². The van der Waals surface area contributed by atoms with Gasteiger partial charge in [0.2, 0.25) is 5.91 Å². The molecule has 2 N–H and O–H groups in total. The fourth-order valence-electron chi connectivity index (χ4n) is 10.5. The molecule has 4 aliphatic carbocycles. The Bertz CT molecular complexity index is 751. The summed E-state index contributed by atoms with van der Waals surface area (Å²) in [6, 6.07) is -0.0231. The fourth-order valence-corrected chi connectivity index (χ4v) is 10.5. The third kappa shape index (κ3) is 3.63. The van der Waals surface area contributed by atoms with Gasteiger partial charge in [-0.15, -0.1) is 0 Å². The maximum atomic E-state index is 12.8. The molecule has 1 amide bonds. The van der Waals surface area contributed by atoms with Crippen LogP contribution in [0.5, 0.6) is 0 Å². The fraction of sp³-hybridized carbons (Fsp3) is 0.966. The second-order valence-corrected chi connectivity index (χ2v) is 13.4. The largest absolute Gasteiger partial charge is 0.393 e. The zero-order valence-electron chi connectivity index (χ0n) is 21.7. The minimum Gasteiger partial charge on any atom is -0.393 e. The molecule has 4 saturated carbocycles. The van der Waals surface area contributed by atoms with E-state index in [1.165, 1.54) is 38.5 Å². The van der Waals surface area contributed by atoms with Crippen LogP contribution in [0.1, 0.15) is 111 Å². The molecule has 10 atom stereocenters. The van der Waals surface area contributed by atoms with E-state index in [0.717, 1.165) is 56.9 Å². The summed E-state index contributed by atoms with van der Waals surface area (Å²) in [6.07, 6.45) is 14.3. The van der Waals surface area contributed by atoms with Crippen molar-refractivity contribution in [2.45, 2.75) is 129 Å². The Hall–Kier alpha value is -0.610. The lowest BCUT2D eigenvalue weighted by atomic mass is 9.44. The van der Waals surface area contributed by atoms with E-state index in [4.69, 9.17) is 0 Å². The van der Waals surface area contributed by atoms with Gasteiger partial charge in [0.1, 0.15) is 0 Å². The van der Waals surface area contributed by atoms with Crippen molar-refractivity contribution in [2.24, 2.45) is 40.4 Å². The molecule has 188 valence electrons. The van der Waals surface area contributed by atoms with Crippen molar-refractivity contribution < 1.29 is 15.0 Å². The summed E-state index contributed by atoms with van der Waals surface area (Å²) in [7, 11) is 0. The number of rotatable bonds is 3. The number of hydrogen-bond acceptors (Lipinski definition) is 3. The van der Waals surface area contributed by atoms with Gasteiger partial charge in [0.05, 0.1) is 17.7 Å². The Morgan fingerprint density at radius 1 is 0.970 bits per heavy atom. The second-order valence-electron chi connectivity index (χ2n) is 13.4. The van der Waals surface area contributed by atoms with E-state index in [9.17, 15) is 15.0 Å². The number of nitrogens with zero attached hydrogens (tertiary/aromatic N) is 1. The van der Waals surface area contributed by atoms with Crippen molar-refractivity contribution in [2.75, 3.05) is 6.54 Å². The molecule has 5 rings (SSSR count). The number of amides is 1. The van der Waals surface area contributed by atoms with Gasteiger partial charge in [-0.25, -0.2) is 0 Å². The van der Waals surface area contributed by atoms with E-state index >= 15 is 0 Å². The van der Waals surface area contributed by atoms with Crippen LogP contribution in [-0.4, -0.2) is 45.3 Å². The van der Waals surface area contributed by atoms with Gasteiger partial charge < -0.3 is 15.1 Å². The van der Waals surface area contributed by atoms with Crippen LogP contribution in [-0.2, 0) is 4.79 Å². The third-order valence-corrected chi connectivity index (χ3v) is 12.1. The number of carbonyl (C=O) groups is 1. The summed E-state index contributed by atoms with van der Waals surface area (Å²) in [4.78, 5) is 14.8. The first kappa shape index (κ1) is 24.1. The van der Waals surface area contributed by atoms with E-state index in [1.807, 2.05) is 11.8 Å². The summed E-state index contributed by atoms with van der Waals surface area (Å²) in [5, 5.41) is 22.5. The lowest BCUT2D eigenvalue weighted by molar-refractivity contribution is -0.167. The lowest BCUT2D eigenvalue weighted by Gasteiger charge is -2.62. The molecular weight excluding hydrogens is 410 g/mol. The van der Waals surface area contributed by atoms with Crippen molar-refractivity contribution in [3.63, 3.8) is 0 Å². The average Bonchev–Trinajstić information content (AvgIpc) is 3.17. The minimum atomic E-state index is -0.808. The normalized spacial score (nSPS) is 49.5. The number of aliphatic hydroxyl groups excluding tert-OH is 1. The monoisotopic (exact) mass is 459 g/mol. The quantitative estimate of drug-likeness (QED) is 0.582. The Morgan fingerprint density at radius 2 is 1.70 bits per heavy atom. The molecule has 0 aromatic carbocycles. The lowest BCUT2D eigenvalue weighted by Crippen LogP contribution is -2.62. The van der Waals surface area contributed by atoms with Crippen molar-refractivity contribution in [1.29, 1.82) is 0 Å². The van der Waals surface area contributed by atoms with Gasteiger partial charge in [0.15, 0.2) is 0 Å². The number of hydrogen-bond donors (Lipinski definition) is 2. The van der Waals surface area contributed by atoms with Gasteiger partial charge in [-0.3, -0.25) is 4.79 Å². The van der Waals surface area contributed by atoms with Gasteiger partial charge in [-0.2, -0.15) is 0 Å². The number of carbonyl (C=O) groups excluding carboxylic acids is 1. The first-order valence-electron chi connectivity index (χ1n) is 14.3. The molecule has 1 aliphatic heterocycles. The molecule has 1 saturated heterocycles. The maximum Gasteiger partial charge on any atom is 0.222 e. The van der Waals surface area contributed by atoms with E-state index in [1.54, 1.807) is 0 Å². The number of fused-ring (bicyclic) bond motifs is 5. The molecule has 5 fully saturated rings. The zero-order chi connectivity index (χ0) is 23.6. The molecule has 0 aromatic heterocycles. The molecule has 4 heteroatoms. The Balaban J connectivity index is 1.39. The Labute approximate surface area is 201 Å². The predicted octanol–water partition coefficient (Wildman–Crippen LogP) is 5.55. The molecule has 0 aromatic rings. The highest BCUT2D eigenvalue weighted by Crippen LogP contribution is 2.69. The van der Waals surface area contributed by atoms with E-state index < -0.39 is 5.60 Å². The molecule has 5 aliphatic rings. The molecule has 33 heavy (non-hydrogen) atoms. The van der Waals surface area contributed by atoms with Crippen molar-refractivity contribution in [3.05, 3.63) is 0 Å². The van der Waals surface area contributed by atoms with Crippen LogP contribution >= 0.6 is 0 Å². The SMILES string of the molecule is CCC(=O)N1CCCCC1C(C)(O)[C@H]1CC[C@H]2[C@@H]3CCC4C[C@@H](O)CC[C@]4(C)[C@H]3CC[C@]12C. The molecule has 4 nitrogen and oxygen atoms in total. The first-order chi connectivity index (χ1) is 15.6. The topological polar surface area (TPSA) is 60.8 Å². The van der Waals surface area contributed by atoms with Crippen LogP contribution in [0.3, 0.4) is 0 Å². The van der Waals surface area contributed by atoms with Crippen molar-refractivity contribution in [3.8, 4) is 0 Å². The van der Waals surface area contributed by atoms with E-state index in [-0.39, 0.29) is 29.4 Å². The van der Waals surface area contributed by atoms with Crippen LogP contribution in [0.2, 0.25) is 0 Å². The molecule has 0 bridgehead atoms. The number of aliphatic hydroxyl groups is 2. The summed E-state index contributed by atoms with van der Waals surface area (Å²) in [6.45, 7) is 9.93. The molecule has 0 spiro atoms. The van der Waals surface area contributed by atoms with E-state index in [0.29, 0.717) is 23.7 Å². The minimum absolute atomic E-state index is 0.0231. The van der Waals surface area contributed by atoms with Crippen molar-refractivity contribution >= 4 is 5.91 Å². The third-order valence-electron chi connectivity index (χ3n) is 12.1. The van der Waals surface area contributed by atoms with Gasteiger partial charge in [0.25, 0.3) is 0 Å². The highest BCUT2D eigenvalue weighted by molar-refractivity contribution is 5.76. The summed E-state index contributed by atoms with van der Waals surface area (Å²) >= 11 is 0. The van der Waals surface area contributed by atoms with Gasteiger partial charge in [-0.1, -0.05) is 20.8 Å². The molecule has 0 radical (unpaired) electrons. The van der Waals surface area contributed by atoms with Crippen LogP contribution in [0, 0.1) is 40.4 Å². The highest BCUT2D eigenvalue weighted by atomic mass is 16.3.